The molecule has 3 nitrogen and oxygen atoms in total. The number of fused-ring (bicyclic) bond motifs is 1. The fourth-order valence-electron chi connectivity index (χ4n) is 1.95. The minimum absolute atomic E-state index is 0.327. The van der Waals surface area contributed by atoms with Crippen molar-refractivity contribution in [2.75, 3.05) is 11.9 Å². The summed E-state index contributed by atoms with van der Waals surface area (Å²) in [5, 5.41) is 6.13. The van der Waals surface area contributed by atoms with Crippen molar-refractivity contribution < 1.29 is 4.39 Å². The molecule has 0 aliphatic carbocycles. The van der Waals surface area contributed by atoms with Gasteiger partial charge in [0.25, 0.3) is 0 Å². The van der Waals surface area contributed by atoms with Crippen molar-refractivity contribution in [1.82, 2.24) is 9.97 Å². The normalized spacial score (nSPS) is 10.9. The smallest absolute Gasteiger partial charge is 0.166 e. The first-order valence-electron chi connectivity index (χ1n) is 6.13. The molecular formula is C14H11BrFN3S. The fourth-order valence-corrected chi connectivity index (χ4v) is 3.07. The standard InChI is InChI=1S/C14H11BrFN3S/c1-2-17-12-9-5-6-20-14(9)19-13(18-12)10-7-8(15)3-4-11(10)16/h3-7H,2H2,1H3,(H,17,18,19). The molecule has 0 saturated carbocycles. The molecular weight excluding hydrogens is 341 g/mol. The Morgan fingerprint density at radius 2 is 2.15 bits per heavy atom. The molecule has 0 saturated heterocycles. The van der Waals surface area contributed by atoms with Crippen LogP contribution in [0.25, 0.3) is 21.6 Å². The van der Waals surface area contributed by atoms with Crippen molar-refractivity contribution >= 4 is 43.3 Å². The summed E-state index contributed by atoms with van der Waals surface area (Å²) in [6, 6.07) is 6.74. The highest BCUT2D eigenvalue weighted by atomic mass is 79.9. The number of anilines is 1. The van der Waals surface area contributed by atoms with E-state index in [2.05, 4.69) is 31.2 Å². The second-order valence-electron chi connectivity index (χ2n) is 4.19. The maximum atomic E-state index is 14.0. The predicted molar refractivity (Wildman–Crippen MR) is 84.7 cm³/mol. The van der Waals surface area contributed by atoms with E-state index in [1.807, 2.05) is 18.4 Å². The lowest BCUT2D eigenvalue weighted by Crippen LogP contribution is -2.02. The highest BCUT2D eigenvalue weighted by Crippen LogP contribution is 2.30. The number of nitrogens with zero attached hydrogens (tertiary/aromatic N) is 2. The number of aromatic nitrogens is 2. The van der Waals surface area contributed by atoms with E-state index in [-0.39, 0.29) is 5.82 Å². The fraction of sp³-hybridized carbons (Fsp3) is 0.143. The number of hydrogen-bond acceptors (Lipinski definition) is 4. The zero-order chi connectivity index (χ0) is 14.1. The first-order valence-corrected chi connectivity index (χ1v) is 7.81. The van der Waals surface area contributed by atoms with Gasteiger partial charge in [-0.3, -0.25) is 0 Å². The number of thiophene rings is 1. The van der Waals surface area contributed by atoms with Crippen molar-refractivity contribution in [1.29, 1.82) is 0 Å². The second-order valence-corrected chi connectivity index (χ2v) is 6.00. The largest absolute Gasteiger partial charge is 0.370 e. The molecule has 102 valence electrons. The van der Waals surface area contributed by atoms with Gasteiger partial charge in [-0.2, -0.15) is 0 Å². The lowest BCUT2D eigenvalue weighted by atomic mass is 10.2. The molecule has 20 heavy (non-hydrogen) atoms. The van der Waals surface area contributed by atoms with Gasteiger partial charge in [0.2, 0.25) is 0 Å². The lowest BCUT2D eigenvalue weighted by molar-refractivity contribution is 0.630. The maximum absolute atomic E-state index is 14.0. The van der Waals surface area contributed by atoms with Gasteiger partial charge in [0.15, 0.2) is 5.82 Å². The van der Waals surface area contributed by atoms with Crippen LogP contribution in [0.15, 0.2) is 34.1 Å². The molecule has 0 radical (unpaired) electrons. The molecule has 0 fully saturated rings. The summed E-state index contributed by atoms with van der Waals surface area (Å²) >= 11 is 4.87. The van der Waals surface area contributed by atoms with E-state index in [0.29, 0.717) is 11.4 Å². The zero-order valence-corrected chi connectivity index (χ0v) is 13.1. The number of halogens is 2. The van der Waals surface area contributed by atoms with Gasteiger partial charge in [0, 0.05) is 11.0 Å². The van der Waals surface area contributed by atoms with Crippen molar-refractivity contribution in [2.45, 2.75) is 6.92 Å². The van der Waals surface area contributed by atoms with Crippen LogP contribution in [-0.4, -0.2) is 16.5 Å². The Labute approximate surface area is 128 Å². The van der Waals surface area contributed by atoms with E-state index in [1.54, 1.807) is 12.1 Å². The van der Waals surface area contributed by atoms with E-state index in [0.717, 1.165) is 27.1 Å². The lowest BCUT2D eigenvalue weighted by Gasteiger charge is -2.08. The Morgan fingerprint density at radius 3 is 2.95 bits per heavy atom. The minimum atomic E-state index is -0.327. The minimum Gasteiger partial charge on any atom is -0.370 e. The third-order valence-electron chi connectivity index (χ3n) is 2.84. The number of nitrogens with one attached hydrogen (secondary N) is 1. The predicted octanol–water partition coefficient (Wildman–Crippen LogP) is 4.69. The van der Waals surface area contributed by atoms with E-state index < -0.39 is 0 Å². The number of hydrogen-bond donors (Lipinski definition) is 1. The molecule has 0 spiro atoms. The molecule has 3 rings (SSSR count). The van der Waals surface area contributed by atoms with Gasteiger partial charge in [-0.1, -0.05) is 15.9 Å². The monoisotopic (exact) mass is 351 g/mol. The number of rotatable bonds is 3. The topological polar surface area (TPSA) is 37.8 Å². The maximum Gasteiger partial charge on any atom is 0.166 e. The second kappa shape index (κ2) is 5.46. The molecule has 6 heteroatoms. The Kier molecular flexibility index (Phi) is 3.67. The van der Waals surface area contributed by atoms with Crippen LogP contribution in [0.4, 0.5) is 10.2 Å². The van der Waals surface area contributed by atoms with Crippen molar-refractivity contribution in [3.63, 3.8) is 0 Å². The number of benzene rings is 1. The van der Waals surface area contributed by atoms with E-state index in [1.165, 1.54) is 17.4 Å². The highest BCUT2D eigenvalue weighted by molar-refractivity contribution is 9.10. The van der Waals surface area contributed by atoms with Crippen LogP contribution in [0.2, 0.25) is 0 Å². The summed E-state index contributed by atoms with van der Waals surface area (Å²) in [5.74, 6) is 0.814. The molecule has 1 aromatic carbocycles. The van der Waals surface area contributed by atoms with Gasteiger partial charge in [-0.25, -0.2) is 14.4 Å². The van der Waals surface area contributed by atoms with E-state index in [9.17, 15) is 4.39 Å². The van der Waals surface area contributed by atoms with Crippen LogP contribution in [0.1, 0.15) is 6.92 Å². The van der Waals surface area contributed by atoms with E-state index in [4.69, 9.17) is 0 Å². The van der Waals surface area contributed by atoms with Gasteiger partial charge in [0.1, 0.15) is 16.5 Å². The van der Waals surface area contributed by atoms with Crippen LogP contribution in [0, 0.1) is 5.82 Å². The molecule has 1 N–H and O–H groups in total. The summed E-state index contributed by atoms with van der Waals surface area (Å²) in [4.78, 5) is 9.77. The molecule has 3 aromatic rings. The summed E-state index contributed by atoms with van der Waals surface area (Å²) < 4.78 is 14.8. The molecule has 0 unspecified atom stereocenters. The Bertz CT molecular complexity index is 772. The Morgan fingerprint density at radius 1 is 1.30 bits per heavy atom. The first-order chi connectivity index (χ1) is 9.69. The summed E-state index contributed by atoms with van der Waals surface area (Å²) in [5.41, 5.74) is 0.397. The van der Waals surface area contributed by atoms with Crippen LogP contribution in [0.3, 0.4) is 0 Å². The van der Waals surface area contributed by atoms with Gasteiger partial charge in [-0.15, -0.1) is 11.3 Å². The molecule has 0 bridgehead atoms. The third kappa shape index (κ3) is 2.41. The van der Waals surface area contributed by atoms with Gasteiger partial charge in [-0.05, 0) is 36.6 Å². The summed E-state index contributed by atoms with van der Waals surface area (Å²) in [6.45, 7) is 2.75. The van der Waals surface area contributed by atoms with Gasteiger partial charge < -0.3 is 5.32 Å². The molecule has 2 aromatic heterocycles. The Hall–Kier alpha value is -1.53. The first kappa shape index (κ1) is 13.5. The average molecular weight is 352 g/mol. The van der Waals surface area contributed by atoms with Crippen LogP contribution >= 0.6 is 27.3 Å². The summed E-state index contributed by atoms with van der Waals surface area (Å²) in [7, 11) is 0. The zero-order valence-electron chi connectivity index (χ0n) is 10.7. The van der Waals surface area contributed by atoms with Crippen molar-refractivity contribution in [3.8, 4) is 11.4 Å². The van der Waals surface area contributed by atoms with Crippen LogP contribution in [0.5, 0.6) is 0 Å². The van der Waals surface area contributed by atoms with E-state index >= 15 is 0 Å². The Balaban J connectivity index is 2.23. The van der Waals surface area contributed by atoms with Gasteiger partial charge >= 0.3 is 0 Å². The molecule has 0 amide bonds. The van der Waals surface area contributed by atoms with Crippen molar-refractivity contribution in [2.24, 2.45) is 0 Å². The van der Waals surface area contributed by atoms with Crippen molar-refractivity contribution in [3.05, 3.63) is 39.9 Å². The SMILES string of the molecule is CCNc1nc(-c2cc(Br)ccc2F)nc2sccc12. The highest BCUT2D eigenvalue weighted by Gasteiger charge is 2.13. The quantitative estimate of drug-likeness (QED) is 0.743. The van der Waals surface area contributed by atoms with Crippen LogP contribution < -0.4 is 5.32 Å². The summed E-state index contributed by atoms with van der Waals surface area (Å²) in [6.07, 6.45) is 0. The van der Waals surface area contributed by atoms with Crippen LogP contribution in [-0.2, 0) is 0 Å². The molecule has 2 heterocycles. The van der Waals surface area contributed by atoms with Gasteiger partial charge in [0.05, 0.1) is 10.9 Å². The molecule has 0 aliphatic rings. The average Bonchev–Trinajstić information content (AvgIpc) is 2.90. The molecule has 0 aliphatic heterocycles. The molecule has 0 atom stereocenters. The third-order valence-corrected chi connectivity index (χ3v) is 4.14.